The molecule has 0 bridgehead atoms. The van der Waals surface area contributed by atoms with Crippen LogP contribution in [0.25, 0.3) is 0 Å². The first kappa shape index (κ1) is 18.5. The summed E-state index contributed by atoms with van der Waals surface area (Å²) in [4.78, 5) is 29.2. The van der Waals surface area contributed by atoms with E-state index in [0.717, 1.165) is 58.2 Å². The van der Waals surface area contributed by atoms with Crippen molar-refractivity contribution in [2.75, 3.05) is 26.2 Å². The SMILES string of the molecule is CC(N)C1CCN(C(=O)C2CCCN(C(=O)NC3CCCC3)C2)CC1. The molecule has 25 heavy (non-hydrogen) atoms. The zero-order chi connectivity index (χ0) is 17.8. The maximum atomic E-state index is 12.9. The number of likely N-dealkylation sites (tertiary alicyclic amines) is 2. The van der Waals surface area contributed by atoms with Crippen molar-refractivity contribution in [1.29, 1.82) is 0 Å². The molecule has 3 N–H and O–H groups in total. The van der Waals surface area contributed by atoms with Crippen molar-refractivity contribution >= 4 is 11.9 Å². The molecule has 2 unspecified atom stereocenters. The molecule has 3 amide bonds. The van der Waals surface area contributed by atoms with E-state index < -0.39 is 0 Å². The van der Waals surface area contributed by atoms with Gasteiger partial charge >= 0.3 is 6.03 Å². The summed E-state index contributed by atoms with van der Waals surface area (Å²) in [6.45, 7) is 5.04. The third kappa shape index (κ3) is 4.66. The van der Waals surface area contributed by atoms with Gasteiger partial charge in [-0.2, -0.15) is 0 Å². The zero-order valence-corrected chi connectivity index (χ0v) is 15.6. The van der Waals surface area contributed by atoms with Crippen LogP contribution >= 0.6 is 0 Å². The molecule has 3 rings (SSSR count). The predicted octanol–water partition coefficient (Wildman–Crippen LogP) is 1.94. The van der Waals surface area contributed by atoms with E-state index in [1.54, 1.807) is 0 Å². The number of hydrogen-bond donors (Lipinski definition) is 2. The standard InChI is InChI=1S/C19H34N4O2/c1-14(20)15-8-11-22(12-9-15)18(24)16-5-4-10-23(13-16)19(25)21-17-6-2-3-7-17/h14-17H,2-13,20H2,1H3,(H,21,25). The fourth-order valence-electron chi connectivity index (χ4n) is 4.60. The number of hydrogen-bond acceptors (Lipinski definition) is 3. The Morgan fingerprint density at radius 1 is 0.960 bits per heavy atom. The third-order valence-corrected chi connectivity index (χ3v) is 6.34. The largest absolute Gasteiger partial charge is 0.342 e. The normalized spacial score (nSPS) is 27.4. The van der Waals surface area contributed by atoms with Crippen molar-refractivity contribution in [2.24, 2.45) is 17.6 Å². The molecule has 0 aromatic rings. The molecule has 3 aliphatic rings. The highest BCUT2D eigenvalue weighted by molar-refractivity contribution is 5.81. The summed E-state index contributed by atoms with van der Waals surface area (Å²) in [6, 6.07) is 0.572. The van der Waals surface area contributed by atoms with Gasteiger partial charge in [-0.15, -0.1) is 0 Å². The lowest BCUT2D eigenvalue weighted by Crippen LogP contribution is -2.52. The van der Waals surface area contributed by atoms with E-state index in [0.29, 0.717) is 18.5 Å². The Labute approximate surface area is 151 Å². The number of piperidine rings is 2. The van der Waals surface area contributed by atoms with Crippen molar-refractivity contribution in [3.8, 4) is 0 Å². The van der Waals surface area contributed by atoms with Crippen LogP contribution in [-0.2, 0) is 4.79 Å². The van der Waals surface area contributed by atoms with Crippen LogP contribution in [0.1, 0.15) is 58.3 Å². The first-order valence-corrected chi connectivity index (χ1v) is 10.1. The number of amides is 3. The van der Waals surface area contributed by atoms with Crippen molar-refractivity contribution in [3.63, 3.8) is 0 Å². The zero-order valence-electron chi connectivity index (χ0n) is 15.6. The molecule has 6 nitrogen and oxygen atoms in total. The fourth-order valence-corrected chi connectivity index (χ4v) is 4.60. The van der Waals surface area contributed by atoms with E-state index in [2.05, 4.69) is 12.2 Å². The smallest absolute Gasteiger partial charge is 0.317 e. The summed E-state index contributed by atoms with van der Waals surface area (Å²) in [7, 11) is 0. The van der Waals surface area contributed by atoms with Gasteiger partial charge in [-0.3, -0.25) is 4.79 Å². The van der Waals surface area contributed by atoms with Crippen LogP contribution in [0.2, 0.25) is 0 Å². The number of carbonyl (C=O) groups is 2. The topological polar surface area (TPSA) is 78.7 Å². The molecule has 3 fully saturated rings. The molecule has 142 valence electrons. The highest BCUT2D eigenvalue weighted by atomic mass is 16.2. The summed E-state index contributed by atoms with van der Waals surface area (Å²) in [5.41, 5.74) is 6.00. The second-order valence-corrected chi connectivity index (χ2v) is 8.24. The summed E-state index contributed by atoms with van der Waals surface area (Å²) in [6.07, 6.45) is 8.44. The van der Waals surface area contributed by atoms with Crippen molar-refractivity contribution in [1.82, 2.24) is 15.1 Å². The summed E-state index contributed by atoms with van der Waals surface area (Å²) in [5, 5.41) is 3.15. The minimum absolute atomic E-state index is 0.0278. The molecular formula is C19H34N4O2. The molecule has 1 aliphatic carbocycles. The number of urea groups is 1. The van der Waals surface area contributed by atoms with Crippen LogP contribution in [-0.4, -0.2) is 60.0 Å². The molecule has 0 aromatic carbocycles. The van der Waals surface area contributed by atoms with Gasteiger partial charge in [0.15, 0.2) is 0 Å². The molecule has 0 spiro atoms. The molecule has 2 heterocycles. The Morgan fingerprint density at radius 3 is 2.28 bits per heavy atom. The minimum atomic E-state index is -0.0325. The van der Waals surface area contributed by atoms with E-state index in [1.807, 2.05) is 9.80 Å². The van der Waals surface area contributed by atoms with Gasteiger partial charge < -0.3 is 20.9 Å². The number of rotatable bonds is 3. The Balaban J connectivity index is 1.49. The van der Waals surface area contributed by atoms with Gasteiger partial charge in [0, 0.05) is 38.3 Å². The minimum Gasteiger partial charge on any atom is -0.342 e. The monoisotopic (exact) mass is 350 g/mol. The number of carbonyl (C=O) groups excluding carboxylic acids is 2. The lowest BCUT2D eigenvalue weighted by Gasteiger charge is -2.38. The lowest BCUT2D eigenvalue weighted by molar-refractivity contribution is -0.138. The van der Waals surface area contributed by atoms with Gasteiger partial charge in [0.2, 0.25) is 5.91 Å². The summed E-state index contributed by atoms with van der Waals surface area (Å²) >= 11 is 0. The third-order valence-electron chi connectivity index (χ3n) is 6.34. The highest BCUT2D eigenvalue weighted by Gasteiger charge is 2.34. The van der Waals surface area contributed by atoms with E-state index in [-0.39, 0.29) is 23.9 Å². The molecule has 2 saturated heterocycles. The number of nitrogens with zero attached hydrogens (tertiary/aromatic N) is 2. The quantitative estimate of drug-likeness (QED) is 0.816. The van der Waals surface area contributed by atoms with Crippen molar-refractivity contribution in [3.05, 3.63) is 0 Å². The van der Waals surface area contributed by atoms with Crippen LogP contribution in [0.3, 0.4) is 0 Å². The Morgan fingerprint density at radius 2 is 1.64 bits per heavy atom. The molecular weight excluding hydrogens is 316 g/mol. The maximum absolute atomic E-state index is 12.9. The van der Waals surface area contributed by atoms with Crippen molar-refractivity contribution in [2.45, 2.75) is 70.4 Å². The van der Waals surface area contributed by atoms with Crippen molar-refractivity contribution < 1.29 is 9.59 Å². The van der Waals surface area contributed by atoms with Crippen LogP contribution in [0, 0.1) is 11.8 Å². The molecule has 6 heteroatoms. The molecule has 1 saturated carbocycles. The van der Waals surface area contributed by atoms with E-state index in [1.165, 1.54) is 12.8 Å². The first-order valence-electron chi connectivity index (χ1n) is 10.1. The molecule has 0 aromatic heterocycles. The van der Waals surface area contributed by atoms with Gasteiger partial charge in [-0.1, -0.05) is 12.8 Å². The number of nitrogens with one attached hydrogen (secondary N) is 1. The van der Waals surface area contributed by atoms with Gasteiger partial charge in [-0.25, -0.2) is 4.79 Å². The lowest BCUT2D eigenvalue weighted by atomic mass is 9.89. The van der Waals surface area contributed by atoms with Crippen LogP contribution in [0.5, 0.6) is 0 Å². The average molecular weight is 351 g/mol. The second-order valence-electron chi connectivity index (χ2n) is 8.24. The molecule has 0 radical (unpaired) electrons. The van der Waals surface area contributed by atoms with Crippen LogP contribution in [0.15, 0.2) is 0 Å². The van der Waals surface area contributed by atoms with Gasteiger partial charge in [0.05, 0.1) is 5.92 Å². The second kappa shape index (κ2) is 8.39. The average Bonchev–Trinajstić information content (AvgIpc) is 3.14. The Kier molecular flexibility index (Phi) is 6.20. The summed E-state index contributed by atoms with van der Waals surface area (Å²) in [5.74, 6) is 0.737. The summed E-state index contributed by atoms with van der Waals surface area (Å²) < 4.78 is 0. The predicted molar refractivity (Wildman–Crippen MR) is 98.0 cm³/mol. The number of nitrogens with two attached hydrogens (primary N) is 1. The fraction of sp³-hybridized carbons (Fsp3) is 0.895. The van der Waals surface area contributed by atoms with Crippen LogP contribution < -0.4 is 11.1 Å². The van der Waals surface area contributed by atoms with Gasteiger partial charge in [0.1, 0.15) is 0 Å². The Bertz CT molecular complexity index is 468. The Hall–Kier alpha value is -1.30. The van der Waals surface area contributed by atoms with Gasteiger partial charge in [0.25, 0.3) is 0 Å². The highest BCUT2D eigenvalue weighted by Crippen LogP contribution is 2.25. The van der Waals surface area contributed by atoms with E-state index in [9.17, 15) is 9.59 Å². The first-order chi connectivity index (χ1) is 12.0. The molecule has 2 aliphatic heterocycles. The molecule has 2 atom stereocenters. The van der Waals surface area contributed by atoms with Gasteiger partial charge in [-0.05, 0) is 51.4 Å². The van der Waals surface area contributed by atoms with Crippen LogP contribution in [0.4, 0.5) is 4.79 Å². The maximum Gasteiger partial charge on any atom is 0.317 e. The van der Waals surface area contributed by atoms with E-state index in [4.69, 9.17) is 5.73 Å². The van der Waals surface area contributed by atoms with E-state index >= 15 is 0 Å².